The summed E-state index contributed by atoms with van der Waals surface area (Å²) in [7, 11) is 0. The monoisotopic (exact) mass is 476 g/mol. The van der Waals surface area contributed by atoms with Crippen molar-refractivity contribution in [1.29, 1.82) is 0 Å². The highest BCUT2D eigenvalue weighted by atomic mass is 16.6. The van der Waals surface area contributed by atoms with E-state index in [2.05, 4.69) is 25.6 Å². The van der Waals surface area contributed by atoms with E-state index in [-0.39, 0.29) is 30.5 Å². The molecule has 0 bridgehead atoms. The number of carbonyl (C=O) groups is 3. The SMILES string of the molecule is CC(C)=CCC(NC(=O)c1nonc1NC(=O)OCC1c2ccccc2-c2ccccc21)C(=O)O. The Labute approximate surface area is 200 Å². The minimum absolute atomic E-state index is 0.0659. The lowest BCUT2D eigenvalue weighted by atomic mass is 9.98. The molecular formula is C25H24N4O6. The standard InChI is InChI=1S/C25H24N4O6/c1-14(2)11-12-20(24(31)32)26-23(30)21-22(29-35-28-21)27-25(33)34-13-19-17-9-5-3-7-15(17)16-8-4-6-10-18(16)19/h3-11,19-20H,12-13H2,1-2H3,(H,26,30)(H,31,32)(H,27,29,33). The molecule has 0 spiro atoms. The Morgan fingerprint density at radius 1 is 1.06 bits per heavy atom. The highest BCUT2D eigenvalue weighted by Gasteiger charge is 2.30. The molecule has 1 aliphatic carbocycles. The number of benzene rings is 2. The number of allylic oxidation sites excluding steroid dienone is 1. The average molecular weight is 476 g/mol. The number of anilines is 1. The van der Waals surface area contributed by atoms with Crippen molar-refractivity contribution in [3.8, 4) is 11.1 Å². The molecule has 3 N–H and O–H groups in total. The van der Waals surface area contributed by atoms with E-state index in [4.69, 9.17) is 4.74 Å². The van der Waals surface area contributed by atoms with Gasteiger partial charge in [-0.25, -0.2) is 14.2 Å². The third-order valence-electron chi connectivity index (χ3n) is 5.63. The summed E-state index contributed by atoms with van der Waals surface area (Å²) in [5.74, 6) is -2.48. The van der Waals surface area contributed by atoms with Gasteiger partial charge in [0.05, 0.1) is 0 Å². The van der Waals surface area contributed by atoms with Crippen LogP contribution in [0.15, 0.2) is 64.8 Å². The topological polar surface area (TPSA) is 144 Å². The van der Waals surface area contributed by atoms with E-state index in [9.17, 15) is 19.5 Å². The summed E-state index contributed by atoms with van der Waals surface area (Å²) in [5.41, 5.74) is 4.85. The predicted molar refractivity (Wildman–Crippen MR) is 126 cm³/mol. The zero-order valence-corrected chi connectivity index (χ0v) is 19.1. The van der Waals surface area contributed by atoms with Crippen LogP contribution in [-0.4, -0.2) is 46.0 Å². The summed E-state index contributed by atoms with van der Waals surface area (Å²) in [5, 5.41) is 21.1. The molecule has 0 radical (unpaired) electrons. The second-order valence-corrected chi connectivity index (χ2v) is 8.29. The summed E-state index contributed by atoms with van der Waals surface area (Å²) in [4.78, 5) is 36.5. The molecule has 1 unspecified atom stereocenters. The molecule has 1 aromatic heterocycles. The van der Waals surface area contributed by atoms with Crippen LogP contribution in [0.3, 0.4) is 0 Å². The van der Waals surface area contributed by atoms with Gasteiger partial charge in [0.2, 0.25) is 11.5 Å². The normalized spacial score (nSPS) is 12.7. The number of nitrogens with one attached hydrogen (secondary N) is 2. The van der Waals surface area contributed by atoms with Crippen molar-refractivity contribution < 1.29 is 28.9 Å². The molecule has 0 fully saturated rings. The van der Waals surface area contributed by atoms with Crippen molar-refractivity contribution >= 4 is 23.8 Å². The van der Waals surface area contributed by atoms with Gasteiger partial charge in [-0.3, -0.25) is 10.1 Å². The Hall–Kier alpha value is -4.47. The van der Waals surface area contributed by atoms with Gasteiger partial charge in [-0.1, -0.05) is 60.2 Å². The maximum atomic E-state index is 12.6. The van der Waals surface area contributed by atoms with Crippen molar-refractivity contribution in [2.45, 2.75) is 32.2 Å². The van der Waals surface area contributed by atoms with Crippen LogP contribution in [0, 0.1) is 0 Å². The minimum atomic E-state index is -1.21. The second-order valence-electron chi connectivity index (χ2n) is 8.29. The van der Waals surface area contributed by atoms with E-state index in [1.165, 1.54) is 0 Å². The number of hydrogen-bond acceptors (Lipinski definition) is 7. The molecule has 1 aliphatic rings. The third-order valence-corrected chi connectivity index (χ3v) is 5.63. The molecule has 1 atom stereocenters. The van der Waals surface area contributed by atoms with E-state index in [1.54, 1.807) is 6.08 Å². The first-order chi connectivity index (χ1) is 16.8. The Morgan fingerprint density at radius 3 is 2.29 bits per heavy atom. The average Bonchev–Trinajstić information content (AvgIpc) is 3.42. The largest absolute Gasteiger partial charge is 0.480 e. The van der Waals surface area contributed by atoms with E-state index in [0.29, 0.717) is 0 Å². The number of rotatable bonds is 8. The van der Waals surface area contributed by atoms with Crippen molar-refractivity contribution in [1.82, 2.24) is 15.6 Å². The number of aliphatic carboxylic acids is 1. The Kier molecular flexibility index (Phi) is 6.91. The number of amides is 2. The number of aromatic nitrogens is 2. The zero-order valence-electron chi connectivity index (χ0n) is 19.1. The lowest BCUT2D eigenvalue weighted by molar-refractivity contribution is -0.139. The Balaban J connectivity index is 1.41. The quantitative estimate of drug-likeness (QED) is 0.414. The van der Waals surface area contributed by atoms with Gasteiger partial charge < -0.3 is 15.2 Å². The first kappa shape index (κ1) is 23.7. The van der Waals surface area contributed by atoms with Crippen molar-refractivity contribution in [2.24, 2.45) is 0 Å². The first-order valence-corrected chi connectivity index (χ1v) is 11.0. The summed E-state index contributed by atoms with van der Waals surface area (Å²) in [6, 6.07) is 14.7. The highest BCUT2D eigenvalue weighted by molar-refractivity contribution is 6.01. The van der Waals surface area contributed by atoms with Crippen LogP contribution < -0.4 is 10.6 Å². The number of carbonyl (C=O) groups excluding carboxylic acids is 2. The predicted octanol–water partition coefficient (Wildman–Crippen LogP) is 3.97. The molecule has 2 aromatic carbocycles. The van der Waals surface area contributed by atoms with Gasteiger partial charge in [0.25, 0.3) is 5.91 Å². The van der Waals surface area contributed by atoms with Crippen molar-refractivity contribution in [3.63, 3.8) is 0 Å². The minimum Gasteiger partial charge on any atom is -0.480 e. The number of hydrogen-bond donors (Lipinski definition) is 3. The molecule has 4 rings (SSSR count). The molecule has 3 aromatic rings. The summed E-state index contributed by atoms with van der Waals surface area (Å²) in [6.07, 6.45) is 0.927. The number of ether oxygens (including phenoxy) is 1. The van der Waals surface area contributed by atoms with Crippen LogP contribution in [0.1, 0.15) is 47.8 Å². The number of carboxylic acid groups (broad SMARTS) is 1. The van der Waals surface area contributed by atoms with Gasteiger partial charge in [-0.15, -0.1) is 0 Å². The third kappa shape index (κ3) is 5.21. The number of fused-ring (bicyclic) bond motifs is 3. The molecule has 35 heavy (non-hydrogen) atoms. The fourth-order valence-electron chi connectivity index (χ4n) is 3.95. The molecule has 10 nitrogen and oxygen atoms in total. The van der Waals surface area contributed by atoms with Crippen LogP contribution in [0.2, 0.25) is 0 Å². The van der Waals surface area contributed by atoms with E-state index in [0.717, 1.165) is 27.8 Å². The smallest absolute Gasteiger partial charge is 0.412 e. The molecule has 0 aliphatic heterocycles. The Bertz CT molecular complexity index is 1250. The van der Waals surface area contributed by atoms with E-state index >= 15 is 0 Å². The lowest BCUT2D eigenvalue weighted by Gasteiger charge is -2.14. The molecule has 0 saturated heterocycles. The van der Waals surface area contributed by atoms with E-state index < -0.39 is 24.0 Å². The first-order valence-electron chi connectivity index (χ1n) is 11.0. The van der Waals surface area contributed by atoms with E-state index in [1.807, 2.05) is 62.4 Å². The van der Waals surface area contributed by atoms with Gasteiger partial charge in [-0.05, 0) is 52.8 Å². The fourth-order valence-corrected chi connectivity index (χ4v) is 3.95. The Morgan fingerprint density at radius 2 is 1.69 bits per heavy atom. The van der Waals surface area contributed by atoms with Crippen LogP contribution >= 0.6 is 0 Å². The number of carboxylic acids is 1. The lowest BCUT2D eigenvalue weighted by Crippen LogP contribution is -2.41. The van der Waals surface area contributed by atoms with Gasteiger partial charge in [-0.2, -0.15) is 0 Å². The van der Waals surface area contributed by atoms with Crippen molar-refractivity contribution in [2.75, 3.05) is 11.9 Å². The van der Waals surface area contributed by atoms with Crippen LogP contribution in [-0.2, 0) is 9.53 Å². The van der Waals surface area contributed by atoms with Crippen LogP contribution in [0.4, 0.5) is 10.6 Å². The summed E-state index contributed by atoms with van der Waals surface area (Å²) < 4.78 is 10.0. The van der Waals surface area contributed by atoms with Crippen LogP contribution in [0.25, 0.3) is 11.1 Å². The van der Waals surface area contributed by atoms with Crippen LogP contribution in [0.5, 0.6) is 0 Å². The summed E-state index contributed by atoms with van der Waals surface area (Å²) in [6.45, 7) is 3.70. The molecular weight excluding hydrogens is 452 g/mol. The van der Waals surface area contributed by atoms with Gasteiger partial charge >= 0.3 is 12.1 Å². The van der Waals surface area contributed by atoms with Gasteiger partial charge in [0.15, 0.2) is 0 Å². The van der Waals surface area contributed by atoms with Crippen molar-refractivity contribution in [3.05, 3.63) is 77.0 Å². The van der Waals surface area contributed by atoms with Gasteiger partial charge in [0.1, 0.15) is 12.6 Å². The fraction of sp³-hybridized carbons (Fsp3) is 0.240. The second kappa shape index (κ2) is 10.2. The number of nitrogens with zero attached hydrogens (tertiary/aromatic N) is 2. The molecule has 1 heterocycles. The van der Waals surface area contributed by atoms with Gasteiger partial charge in [0, 0.05) is 5.92 Å². The maximum absolute atomic E-state index is 12.6. The molecule has 0 saturated carbocycles. The molecule has 180 valence electrons. The maximum Gasteiger partial charge on any atom is 0.412 e. The molecule has 10 heteroatoms. The molecule has 2 amide bonds. The zero-order chi connectivity index (χ0) is 24.9. The highest BCUT2D eigenvalue weighted by Crippen LogP contribution is 2.44. The summed E-state index contributed by atoms with van der Waals surface area (Å²) >= 11 is 0.